The summed E-state index contributed by atoms with van der Waals surface area (Å²) in [6.45, 7) is 2.93. The first-order valence-electron chi connectivity index (χ1n) is 6.45. The number of aliphatic carboxylic acids is 1. The molecule has 0 radical (unpaired) electrons. The summed E-state index contributed by atoms with van der Waals surface area (Å²) in [5.41, 5.74) is -0.282. The van der Waals surface area contributed by atoms with E-state index >= 15 is 0 Å². The zero-order valence-corrected chi connectivity index (χ0v) is 12.3. The maximum Gasteiger partial charge on any atom is 0.303 e. The molecule has 5 heteroatoms. The Bertz CT molecular complexity index is 477. The van der Waals surface area contributed by atoms with Gasteiger partial charge in [0.05, 0.1) is 14.2 Å². The number of methoxy groups -OCH3 is 2. The van der Waals surface area contributed by atoms with E-state index in [0.29, 0.717) is 29.9 Å². The van der Waals surface area contributed by atoms with E-state index < -0.39 is 11.6 Å². The summed E-state index contributed by atoms with van der Waals surface area (Å²) in [6.07, 6.45) is 0.990. The lowest BCUT2D eigenvalue weighted by Gasteiger charge is -2.21. The molecule has 0 saturated heterocycles. The molecule has 0 aromatic heterocycles. The summed E-state index contributed by atoms with van der Waals surface area (Å²) >= 11 is 0. The Labute approximate surface area is 118 Å². The minimum absolute atomic E-state index is 0.0561. The minimum Gasteiger partial charge on any atom is -0.493 e. The maximum absolute atomic E-state index is 14.3. The van der Waals surface area contributed by atoms with E-state index in [1.807, 2.05) is 0 Å². The molecular weight excluding hydrogens is 263 g/mol. The van der Waals surface area contributed by atoms with Crippen LogP contribution in [0.5, 0.6) is 11.5 Å². The molecule has 112 valence electrons. The Morgan fingerprint density at radius 3 is 2.25 bits per heavy atom. The highest BCUT2D eigenvalue weighted by molar-refractivity contribution is 5.66. The Hall–Kier alpha value is -1.78. The normalized spacial score (nSPS) is 11.2. The van der Waals surface area contributed by atoms with Crippen molar-refractivity contribution in [1.82, 2.24) is 0 Å². The molecule has 20 heavy (non-hydrogen) atoms. The largest absolute Gasteiger partial charge is 0.493 e. The van der Waals surface area contributed by atoms with E-state index in [9.17, 15) is 9.18 Å². The Balaban J connectivity index is 3.14. The molecule has 0 heterocycles. The number of carbonyl (C=O) groups is 1. The van der Waals surface area contributed by atoms with E-state index in [4.69, 9.17) is 14.6 Å². The molecule has 1 rings (SSSR count). The third-order valence-electron chi connectivity index (χ3n) is 3.09. The van der Waals surface area contributed by atoms with E-state index in [1.165, 1.54) is 28.1 Å². The smallest absolute Gasteiger partial charge is 0.303 e. The van der Waals surface area contributed by atoms with Gasteiger partial charge in [-0.3, -0.25) is 4.79 Å². The number of carboxylic acids is 1. The standard InChI is InChI=1S/C15H21FO4/c1-15(2,16)11-9-13(20-4)12(19-3)8-10(11)6-5-7-14(17)18/h8-9H,5-7H2,1-4H3,(H,17,18). The van der Waals surface area contributed by atoms with Gasteiger partial charge in [-0.15, -0.1) is 0 Å². The number of benzene rings is 1. The van der Waals surface area contributed by atoms with Crippen LogP contribution in [0, 0.1) is 0 Å². The monoisotopic (exact) mass is 284 g/mol. The molecule has 0 unspecified atom stereocenters. The lowest BCUT2D eigenvalue weighted by atomic mass is 9.91. The fourth-order valence-corrected chi connectivity index (χ4v) is 2.11. The van der Waals surface area contributed by atoms with Crippen LogP contribution in [0.2, 0.25) is 0 Å². The summed E-state index contributed by atoms with van der Waals surface area (Å²) in [5, 5.41) is 8.68. The first-order valence-corrected chi connectivity index (χ1v) is 6.45. The van der Waals surface area contributed by atoms with Crippen molar-refractivity contribution < 1.29 is 23.8 Å². The van der Waals surface area contributed by atoms with Crippen molar-refractivity contribution in [1.29, 1.82) is 0 Å². The van der Waals surface area contributed by atoms with Gasteiger partial charge in [0.1, 0.15) is 5.67 Å². The lowest BCUT2D eigenvalue weighted by Crippen LogP contribution is -2.13. The first kappa shape index (κ1) is 16.3. The molecule has 4 nitrogen and oxygen atoms in total. The van der Waals surface area contributed by atoms with Crippen molar-refractivity contribution in [2.24, 2.45) is 0 Å². The Morgan fingerprint density at radius 2 is 1.80 bits per heavy atom. The predicted octanol–water partition coefficient (Wildman–Crippen LogP) is 3.32. The molecule has 0 amide bonds. The molecule has 0 saturated carbocycles. The first-order chi connectivity index (χ1) is 9.29. The van der Waals surface area contributed by atoms with Crippen LogP contribution in [0.1, 0.15) is 37.8 Å². The van der Waals surface area contributed by atoms with Crippen LogP contribution in [0.3, 0.4) is 0 Å². The number of halogens is 1. The van der Waals surface area contributed by atoms with Gasteiger partial charge in [0.15, 0.2) is 11.5 Å². The van der Waals surface area contributed by atoms with Crippen LogP contribution in [-0.2, 0) is 16.9 Å². The van der Waals surface area contributed by atoms with Crippen molar-refractivity contribution in [3.05, 3.63) is 23.3 Å². The second-order valence-corrected chi connectivity index (χ2v) is 5.08. The van der Waals surface area contributed by atoms with Crippen molar-refractivity contribution in [2.45, 2.75) is 38.8 Å². The average molecular weight is 284 g/mol. The number of alkyl halides is 1. The summed E-state index contributed by atoms with van der Waals surface area (Å²) < 4.78 is 24.7. The summed E-state index contributed by atoms with van der Waals surface area (Å²) in [4.78, 5) is 10.6. The molecule has 0 aliphatic heterocycles. The molecule has 0 fully saturated rings. The van der Waals surface area contributed by atoms with Crippen molar-refractivity contribution in [3.8, 4) is 11.5 Å². The Morgan fingerprint density at radius 1 is 1.25 bits per heavy atom. The van der Waals surface area contributed by atoms with Crippen LogP contribution in [0.25, 0.3) is 0 Å². The van der Waals surface area contributed by atoms with E-state index in [0.717, 1.165) is 5.56 Å². The van der Waals surface area contributed by atoms with Gasteiger partial charge in [-0.05, 0) is 49.9 Å². The van der Waals surface area contributed by atoms with Crippen LogP contribution in [0.4, 0.5) is 4.39 Å². The number of hydrogen-bond acceptors (Lipinski definition) is 3. The number of carboxylic acid groups (broad SMARTS) is 1. The summed E-state index contributed by atoms with van der Waals surface area (Å²) in [6, 6.07) is 3.34. The third-order valence-corrected chi connectivity index (χ3v) is 3.09. The van der Waals surface area contributed by atoms with E-state index in [-0.39, 0.29) is 6.42 Å². The van der Waals surface area contributed by atoms with Gasteiger partial charge in [0.25, 0.3) is 0 Å². The molecule has 0 aliphatic carbocycles. The second kappa shape index (κ2) is 6.59. The zero-order valence-electron chi connectivity index (χ0n) is 12.3. The van der Waals surface area contributed by atoms with Gasteiger partial charge < -0.3 is 14.6 Å². The number of rotatable bonds is 7. The molecule has 1 aromatic rings. The van der Waals surface area contributed by atoms with Crippen molar-refractivity contribution in [3.63, 3.8) is 0 Å². The fourth-order valence-electron chi connectivity index (χ4n) is 2.11. The summed E-state index contributed by atoms with van der Waals surface area (Å²) in [7, 11) is 3.01. The highest BCUT2D eigenvalue weighted by atomic mass is 19.1. The number of ether oxygens (including phenoxy) is 2. The SMILES string of the molecule is COc1cc(CCCC(=O)O)c(C(C)(C)F)cc1OC. The number of hydrogen-bond donors (Lipinski definition) is 1. The molecule has 0 bridgehead atoms. The zero-order chi connectivity index (χ0) is 15.3. The molecule has 0 atom stereocenters. The van der Waals surface area contributed by atoms with E-state index in [2.05, 4.69) is 0 Å². The topological polar surface area (TPSA) is 55.8 Å². The van der Waals surface area contributed by atoms with E-state index in [1.54, 1.807) is 12.1 Å². The van der Waals surface area contributed by atoms with Crippen LogP contribution in [-0.4, -0.2) is 25.3 Å². The fraction of sp³-hybridized carbons (Fsp3) is 0.533. The van der Waals surface area contributed by atoms with Gasteiger partial charge in [0, 0.05) is 6.42 Å². The predicted molar refractivity (Wildman–Crippen MR) is 74.3 cm³/mol. The molecular formula is C15H21FO4. The minimum atomic E-state index is -1.53. The van der Waals surface area contributed by atoms with Crippen molar-refractivity contribution in [2.75, 3.05) is 14.2 Å². The maximum atomic E-state index is 14.3. The van der Waals surface area contributed by atoms with Crippen LogP contribution < -0.4 is 9.47 Å². The van der Waals surface area contributed by atoms with Gasteiger partial charge in [-0.2, -0.15) is 0 Å². The third kappa shape index (κ3) is 4.11. The van der Waals surface area contributed by atoms with Gasteiger partial charge in [0.2, 0.25) is 0 Å². The Kier molecular flexibility index (Phi) is 5.36. The summed E-state index contributed by atoms with van der Waals surface area (Å²) in [5.74, 6) is 0.132. The van der Waals surface area contributed by atoms with Crippen LogP contribution >= 0.6 is 0 Å². The quantitative estimate of drug-likeness (QED) is 0.834. The van der Waals surface area contributed by atoms with Gasteiger partial charge >= 0.3 is 5.97 Å². The molecule has 1 N–H and O–H groups in total. The second-order valence-electron chi connectivity index (χ2n) is 5.08. The van der Waals surface area contributed by atoms with Crippen molar-refractivity contribution >= 4 is 5.97 Å². The lowest BCUT2D eigenvalue weighted by molar-refractivity contribution is -0.137. The van der Waals surface area contributed by atoms with Crippen LogP contribution in [0.15, 0.2) is 12.1 Å². The van der Waals surface area contributed by atoms with Gasteiger partial charge in [-0.1, -0.05) is 0 Å². The molecule has 0 spiro atoms. The molecule has 0 aliphatic rings. The van der Waals surface area contributed by atoms with Gasteiger partial charge in [-0.25, -0.2) is 4.39 Å². The highest BCUT2D eigenvalue weighted by Crippen LogP contribution is 2.37. The number of aryl methyl sites for hydroxylation is 1. The molecule has 1 aromatic carbocycles. The average Bonchev–Trinajstić information content (AvgIpc) is 2.36. The highest BCUT2D eigenvalue weighted by Gasteiger charge is 2.25.